The van der Waals surface area contributed by atoms with Gasteiger partial charge in [-0.3, -0.25) is 4.90 Å². The zero-order valence-corrected chi connectivity index (χ0v) is 9.76. The van der Waals surface area contributed by atoms with E-state index in [1.165, 1.54) is 18.9 Å². The number of carbonyl (C=O) groups is 1. The van der Waals surface area contributed by atoms with E-state index in [0.29, 0.717) is 24.9 Å². The fourth-order valence-corrected chi connectivity index (χ4v) is 2.31. The zero-order chi connectivity index (χ0) is 12.3. The Morgan fingerprint density at radius 3 is 3.00 bits per heavy atom. The molecule has 1 unspecified atom stereocenters. The molecule has 0 aromatic carbocycles. The summed E-state index contributed by atoms with van der Waals surface area (Å²) in [5.74, 6) is -0.325. The topological polar surface area (TPSA) is 79.7 Å². The van der Waals surface area contributed by atoms with Gasteiger partial charge >= 0.3 is 5.97 Å². The monoisotopic (exact) mass is 238 g/mol. The predicted octanol–water partition coefficient (Wildman–Crippen LogP) is 1.29. The maximum Gasteiger partial charge on any atom is 0.371 e. The van der Waals surface area contributed by atoms with E-state index in [-0.39, 0.29) is 5.76 Å². The van der Waals surface area contributed by atoms with Gasteiger partial charge in [-0.25, -0.2) is 4.79 Å². The Kier molecular flexibility index (Phi) is 3.81. The largest absolute Gasteiger partial charge is 0.475 e. The average molecular weight is 238 g/mol. The molecule has 0 spiro atoms. The molecule has 0 radical (unpaired) electrons. The maximum atomic E-state index is 10.7. The molecule has 1 aliphatic rings. The number of carboxylic acid groups (broad SMARTS) is 1. The van der Waals surface area contributed by atoms with Gasteiger partial charge in [0.05, 0.1) is 6.54 Å². The number of carboxylic acids is 1. The van der Waals surface area contributed by atoms with Crippen molar-refractivity contribution < 1.29 is 14.3 Å². The minimum absolute atomic E-state index is 0.00121. The molecule has 3 N–H and O–H groups in total. The Labute approximate surface area is 100 Å². The molecule has 1 saturated heterocycles. The van der Waals surface area contributed by atoms with Crippen LogP contribution in [0, 0.1) is 0 Å². The van der Waals surface area contributed by atoms with Crippen LogP contribution >= 0.6 is 0 Å². The number of aromatic carboxylic acids is 1. The molecule has 0 aliphatic carbocycles. The summed E-state index contributed by atoms with van der Waals surface area (Å²) in [5.41, 5.74) is 5.73. The van der Waals surface area contributed by atoms with Crippen LogP contribution in [0.4, 0.5) is 0 Å². The molecule has 2 heterocycles. The van der Waals surface area contributed by atoms with Gasteiger partial charge in [-0.1, -0.05) is 6.42 Å². The molecule has 0 bridgehead atoms. The number of piperidine rings is 1. The molecule has 1 fully saturated rings. The van der Waals surface area contributed by atoms with Crippen molar-refractivity contribution in [2.45, 2.75) is 31.8 Å². The molecule has 0 amide bonds. The van der Waals surface area contributed by atoms with E-state index in [2.05, 4.69) is 4.90 Å². The van der Waals surface area contributed by atoms with Crippen molar-refractivity contribution >= 4 is 5.97 Å². The molecule has 1 aliphatic heterocycles. The number of nitrogens with two attached hydrogens (primary N) is 1. The third kappa shape index (κ3) is 2.87. The lowest BCUT2D eigenvalue weighted by Crippen LogP contribution is -2.43. The van der Waals surface area contributed by atoms with Gasteiger partial charge in [-0.05, 0) is 31.5 Å². The number of furan rings is 1. The highest BCUT2D eigenvalue weighted by atomic mass is 16.4. The molecule has 0 saturated carbocycles. The van der Waals surface area contributed by atoms with Gasteiger partial charge in [0.2, 0.25) is 5.76 Å². The second kappa shape index (κ2) is 5.33. The van der Waals surface area contributed by atoms with Crippen molar-refractivity contribution in [2.75, 3.05) is 13.1 Å². The first-order valence-corrected chi connectivity index (χ1v) is 5.97. The van der Waals surface area contributed by atoms with Crippen LogP contribution in [-0.2, 0) is 6.54 Å². The number of hydrogen-bond donors (Lipinski definition) is 2. The summed E-state index contributed by atoms with van der Waals surface area (Å²) in [6, 6.07) is 3.62. The van der Waals surface area contributed by atoms with Crippen LogP contribution in [0.5, 0.6) is 0 Å². The second-order valence-corrected chi connectivity index (χ2v) is 4.43. The molecular formula is C12H18N2O3. The molecule has 5 heteroatoms. The van der Waals surface area contributed by atoms with Crippen LogP contribution in [0.2, 0.25) is 0 Å². The molecule has 17 heavy (non-hydrogen) atoms. The van der Waals surface area contributed by atoms with Gasteiger partial charge in [0, 0.05) is 12.6 Å². The highest BCUT2D eigenvalue weighted by molar-refractivity contribution is 5.84. The smallest absolute Gasteiger partial charge is 0.371 e. The summed E-state index contributed by atoms with van der Waals surface area (Å²) >= 11 is 0. The lowest BCUT2D eigenvalue weighted by atomic mass is 10.0. The first-order valence-electron chi connectivity index (χ1n) is 5.97. The van der Waals surface area contributed by atoms with Gasteiger partial charge in [-0.2, -0.15) is 0 Å². The maximum absolute atomic E-state index is 10.7. The van der Waals surface area contributed by atoms with E-state index in [1.54, 1.807) is 6.07 Å². The third-order valence-electron chi connectivity index (χ3n) is 3.25. The number of likely N-dealkylation sites (tertiary alicyclic amines) is 1. The third-order valence-corrected chi connectivity index (χ3v) is 3.25. The fourth-order valence-electron chi connectivity index (χ4n) is 2.31. The first-order chi connectivity index (χ1) is 8.20. The van der Waals surface area contributed by atoms with Gasteiger partial charge in [-0.15, -0.1) is 0 Å². The van der Waals surface area contributed by atoms with Crippen LogP contribution in [0.3, 0.4) is 0 Å². The van der Waals surface area contributed by atoms with Crippen LogP contribution in [0.25, 0.3) is 0 Å². The highest BCUT2D eigenvalue weighted by Crippen LogP contribution is 2.19. The van der Waals surface area contributed by atoms with Crippen LogP contribution in [0.1, 0.15) is 35.6 Å². The van der Waals surface area contributed by atoms with E-state index in [9.17, 15) is 4.79 Å². The van der Waals surface area contributed by atoms with Crippen molar-refractivity contribution in [3.63, 3.8) is 0 Å². The van der Waals surface area contributed by atoms with E-state index >= 15 is 0 Å². The normalized spacial score (nSPS) is 21.6. The number of nitrogens with zero attached hydrogens (tertiary/aromatic N) is 1. The fraction of sp³-hybridized carbons (Fsp3) is 0.583. The number of hydrogen-bond acceptors (Lipinski definition) is 4. The Bertz CT molecular complexity index is 389. The van der Waals surface area contributed by atoms with Crippen molar-refractivity contribution in [2.24, 2.45) is 5.73 Å². The van der Waals surface area contributed by atoms with Gasteiger partial charge in [0.25, 0.3) is 0 Å². The van der Waals surface area contributed by atoms with Crippen LogP contribution in [-0.4, -0.2) is 35.1 Å². The zero-order valence-electron chi connectivity index (χ0n) is 9.76. The highest BCUT2D eigenvalue weighted by Gasteiger charge is 2.22. The Morgan fingerprint density at radius 2 is 2.35 bits per heavy atom. The van der Waals surface area contributed by atoms with E-state index in [4.69, 9.17) is 15.3 Å². The minimum atomic E-state index is -1.02. The van der Waals surface area contributed by atoms with E-state index in [1.807, 2.05) is 0 Å². The SMILES string of the molecule is NCC1CCCCN1Cc1ccc(C(=O)O)o1. The molecule has 1 atom stereocenters. The summed E-state index contributed by atoms with van der Waals surface area (Å²) in [5, 5.41) is 8.77. The van der Waals surface area contributed by atoms with Gasteiger partial charge in [0.1, 0.15) is 5.76 Å². The van der Waals surface area contributed by atoms with Crippen molar-refractivity contribution in [3.05, 3.63) is 23.7 Å². The Morgan fingerprint density at radius 1 is 1.53 bits per heavy atom. The summed E-state index contributed by atoms with van der Waals surface area (Å²) in [6.07, 6.45) is 3.50. The summed E-state index contributed by atoms with van der Waals surface area (Å²) in [4.78, 5) is 13.0. The molecular weight excluding hydrogens is 220 g/mol. The molecule has 94 valence electrons. The predicted molar refractivity (Wildman–Crippen MR) is 62.8 cm³/mol. The lowest BCUT2D eigenvalue weighted by Gasteiger charge is -2.34. The standard InChI is InChI=1S/C12H18N2O3/c13-7-9-3-1-2-6-14(9)8-10-4-5-11(17-10)12(15)16/h4-5,9H,1-3,6-8,13H2,(H,15,16). The molecule has 1 aromatic heterocycles. The van der Waals surface area contributed by atoms with Gasteiger partial charge in [0.15, 0.2) is 0 Å². The summed E-state index contributed by atoms with van der Waals surface area (Å²) in [7, 11) is 0. The second-order valence-electron chi connectivity index (χ2n) is 4.43. The van der Waals surface area contributed by atoms with E-state index < -0.39 is 5.97 Å². The van der Waals surface area contributed by atoms with Crippen molar-refractivity contribution in [1.29, 1.82) is 0 Å². The van der Waals surface area contributed by atoms with Crippen LogP contribution in [0.15, 0.2) is 16.5 Å². The number of rotatable bonds is 4. The summed E-state index contributed by atoms with van der Waals surface area (Å²) in [6.45, 7) is 2.30. The lowest BCUT2D eigenvalue weighted by molar-refractivity contribution is 0.0655. The van der Waals surface area contributed by atoms with Crippen LogP contribution < -0.4 is 5.73 Å². The Balaban J connectivity index is 2.00. The molecule has 1 aromatic rings. The average Bonchev–Trinajstić information content (AvgIpc) is 2.78. The Hall–Kier alpha value is -1.33. The first kappa shape index (κ1) is 12.1. The quantitative estimate of drug-likeness (QED) is 0.826. The van der Waals surface area contributed by atoms with Crippen molar-refractivity contribution in [3.8, 4) is 0 Å². The van der Waals surface area contributed by atoms with Gasteiger partial charge < -0.3 is 15.3 Å². The van der Waals surface area contributed by atoms with E-state index in [0.717, 1.165) is 13.0 Å². The molecule has 2 rings (SSSR count). The summed E-state index contributed by atoms with van der Waals surface area (Å²) < 4.78 is 5.26. The minimum Gasteiger partial charge on any atom is -0.475 e. The molecule has 5 nitrogen and oxygen atoms in total. The van der Waals surface area contributed by atoms with Crippen molar-refractivity contribution in [1.82, 2.24) is 4.90 Å².